The molecule has 0 fully saturated rings. The van der Waals surface area contributed by atoms with Crippen molar-refractivity contribution in [3.8, 4) is 22.6 Å². The summed E-state index contributed by atoms with van der Waals surface area (Å²) < 4.78 is 16.4. The summed E-state index contributed by atoms with van der Waals surface area (Å²) in [6, 6.07) is 28.0. The number of nitrogens with zero attached hydrogens (tertiary/aromatic N) is 3. The first-order chi connectivity index (χ1) is 17.2. The van der Waals surface area contributed by atoms with Crippen molar-refractivity contribution in [2.75, 3.05) is 6.54 Å². The fourth-order valence-electron chi connectivity index (χ4n) is 4.54. The van der Waals surface area contributed by atoms with Crippen LogP contribution in [0.25, 0.3) is 22.6 Å². The minimum absolute atomic E-state index is 0.178. The number of rotatable bonds is 12. The van der Waals surface area contributed by atoms with E-state index in [1.807, 2.05) is 18.2 Å². The van der Waals surface area contributed by atoms with E-state index in [1.165, 1.54) is 11.8 Å². The standard InChI is InChI=1S/C31H36FN3/c1-3-5-20-34(23-25-14-13-19-28(32)22-25)24-29-30(26-15-9-7-10-16-26)33-31(35(29)21-6-4-2)27-17-11-8-12-18-27/h7-19,22H,3-6,20-21,23-24H2,1-2H3. The zero-order chi connectivity index (χ0) is 24.5. The van der Waals surface area contributed by atoms with Crippen LogP contribution < -0.4 is 0 Å². The molecule has 0 unspecified atom stereocenters. The molecule has 0 aliphatic carbocycles. The highest BCUT2D eigenvalue weighted by Gasteiger charge is 2.21. The lowest BCUT2D eigenvalue weighted by Gasteiger charge is -2.24. The van der Waals surface area contributed by atoms with Crippen LogP contribution in [0.3, 0.4) is 0 Å². The van der Waals surface area contributed by atoms with Gasteiger partial charge in [-0.2, -0.15) is 0 Å². The van der Waals surface area contributed by atoms with Crippen LogP contribution in [0.15, 0.2) is 84.9 Å². The van der Waals surface area contributed by atoms with Gasteiger partial charge in [-0.25, -0.2) is 9.37 Å². The Morgan fingerprint density at radius 1 is 0.771 bits per heavy atom. The van der Waals surface area contributed by atoms with Crippen LogP contribution in [-0.2, 0) is 19.6 Å². The average molecular weight is 470 g/mol. The van der Waals surface area contributed by atoms with E-state index in [1.54, 1.807) is 12.1 Å². The lowest BCUT2D eigenvalue weighted by atomic mass is 10.1. The number of imidazole rings is 1. The summed E-state index contributed by atoms with van der Waals surface area (Å²) in [6.45, 7) is 7.82. The molecule has 0 N–H and O–H groups in total. The van der Waals surface area contributed by atoms with Crippen molar-refractivity contribution in [3.63, 3.8) is 0 Å². The van der Waals surface area contributed by atoms with E-state index in [0.29, 0.717) is 6.54 Å². The molecule has 0 aliphatic rings. The van der Waals surface area contributed by atoms with E-state index in [0.717, 1.165) is 73.5 Å². The van der Waals surface area contributed by atoms with E-state index < -0.39 is 0 Å². The van der Waals surface area contributed by atoms with Gasteiger partial charge in [0.15, 0.2) is 0 Å². The maximum absolute atomic E-state index is 13.9. The molecule has 0 saturated carbocycles. The minimum Gasteiger partial charge on any atom is -0.326 e. The van der Waals surface area contributed by atoms with Crippen molar-refractivity contribution in [1.82, 2.24) is 14.5 Å². The van der Waals surface area contributed by atoms with Gasteiger partial charge in [-0.1, -0.05) is 99.5 Å². The molecule has 4 rings (SSSR count). The van der Waals surface area contributed by atoms with Gasteiger partial charge in [0.2, 0.25) is 0 Å². The van der Waals surface area contributed by atoms with Crippen molar-refractivity contribution in [3.05, 3.63) is 102 Å². The van der Waals surface area contributed by atoms with Gasteiger partial charge in [0.1, 0.15) is 11.6 Å². The maximum Gasteiger partial charge on any atom is 0.140 e. The molecule has 3 nitrogen and oxygen atoms in total. The van der Waals surface area contributed by atoms with E-state index >= 15 is 0 Å². The van der Waals surface area contributed by atoms with E-state index in [9.17, 15) is 4.39 Å². The highest BCUT2D eigenvalue weighted by Crippen LogP contribution is 2.31. The van der Waals surface area contributed by atoms with Crippen LogP contribution in [0, 0.1) is 5.82 Å². The molecule has 0 radical (unpaired) electrons. The second-order valence-corrected chi connectivity index (χ2v) is 9.16. The van der Waals surface area contributed by atoms with Crippen LogP contribution in [0.1, 0.15) is 50.8 Å². The smallest absolute Gasteiger partial charge is 0.140 e. The average Bonchev–Trinajstić information content (AvgIpc) is 3.25. The van der Waals surface area contributed by atoms with Crippen LogP contribution in [-0.4, -0.2) is 21.0 Å². The molecule has 0 atom stereocenters. The van der Waals surface area contributed by atoms with Crippen LogP contribution >= 0.6 is 0 Å². The molecule has 4 heteroatoms. The van der Waals surface area contributed by atoms with Crippen molar-refractivity contribution < 1.29 is 4.39 Å². The first kappa shape index (κ1) is 24.9. The van der Waals surface area contributed by atoms with Crippen LogP contribution in [0.5, 0.6) is 0 Å². The van der Waals surface area contributed by atoms with Crippen molar-refractivity contribution in [2.45, 2.75) is 59.2 Å². The highest BCUT2D eigenvalue weighted by molar-refractivity contribution is 5.68. The topological polar surface area (TPSA) is 21.1 Å². The lowest BCUT2D eigenvalue weighted by molar-refractivity contribution is 0.246. The Bertz CT molecular complexity index is 1180. The molecule has 35 heavy (non-hydrogen) atoms. The van der Waals surface area contributed by atoms with Gasteiger partial charge < -0.3 is 4.57 Å². The molecule has 1 heterocycles. The molecule has 0 spiro atoms. The zero-order valence-electron chi connectivity index (χ0n) is 21.0. The minimum atomic E-state index is -0.178. The Hall–Kier alpha value is -3.24. The van der Waals surface area contributed by atoms with E-state index in [4.69, 9.17) is 4.98 Å². The van der Waals surface area contributed by atoms with Gasteiger partial charge in [-0.05, 0) is 37.1 Å². The summed E-state index contributed by atoms with van der Waals surface area (Å²) in [5.74, 6) is 0.844. The lowest BCUT2D eigenvalue weighted by Crippen LogP contribution is -2.26. The monoisotopic (exact) mass is 469 g/mol. The predicted molar refractivity (Wildman–Crippen MR) is 143 cm³/mol. The van der Waals surface area contributed by atoms with E-state index in [-0.39, 0.29) is 5.82 Å². The van der Waals surface area contributed by atoms with Gasteiger partial charge in [-0.15, -0.1) is 0 Å². The summed E-state index contributed by atoms with van der Waals surface area (Å²) in [7, 11) is 0. The Balaban J connectivity index is 1.79. The van der Waals surface area contributed by atoms with Crippen LogP contribution in [0.2, 0.25) is 0 Å². The molecule has 4 aromatic rings. The summed E-state index contributed by atoms with van der Waals surface area (Å²) in [5, 5.41) is 0. The second-order valence-electron chi connectivity index (χ2n) is 9.16. The number of hydrogen-bond donors (Lipinski definition) is 0. The first-order valence-electron chi connectivity index (χ1n) is 12.9. The molecule has 0 saturated heterocycles. The SMILES string of the molecule is CCCCN(Cc1cccc(F)c1)Cc1c(-c2ccccc2)nc(-c2ccccc2)n1CCCC. The molecule has 0 aliphatic heterocycles. The number of halogens is 1. The third-order valence-corrected chi connectivity index (χ3v) is 6.38. The van der Waals surface area contributed by atoms with Gasteiger partial charge in [0, 0.05) is 30.8 Å². The second kappa shape index (κ2) is 12.5. The van der Waals surface area contributed by atoms with Gasteiger partial charge in [-0.3, -0.25) is 4.90 Å². The molecule has 0 bridgehead atoms. The number of aromatic nitrogens is 2. The summed E-state index contributed by atoms with van der Waals surface area (Å²) >= 11 is 0. The van der Waals surface area contributed by atoms with Crippen molar-refractivity contribution in [2.24, 2.45) is 0 Å². The zero-order valence-corrected chi connectivity index (χ0v) is 21.0. The number of benzene rings is 3. The van der Waals surface area contributed by atoms with Gasteiger partial charge in [0.05, 0.1) is 11.4 Å². The Morgan fingerprint density at radius 2 is 1.46 bits per heavy atom. The summed E-state index contributed by atoms with van der Waals surface area (Å²) in [4.78, 5) is 7.68. The molecular formula is C31H36FN3. The number of hydrogen-bond acceptors (Lipinski definition) is 2. The molecular weight excluding hydrogens is 433 g/mol. The van der Waals surface area contributed by atoms with E-state index in [2.05, 4.69) is 71.8 Å². The van der Waals surface area contributed by atoms with Gasteiger partial charge in [0.25, 0.3) is 0 Å². The Morgan fingerprint density at radius 3 is 2.11 bits per heavy atom. The fraction of sp³-hybridized carbons (Fsp3) is 0.323. The highest BCUT2D eigenvalue weighted by atomic mass is 19.1. The largest absolute Gasteiger partial charge is 0.326 e. The predicted octanol–water partition coefficient (Wildman–Crippen LogP) is 7.96. The van der Waals surface area contributed by atoms with Crippen LogP contribution in [0.4, 0.5) is 4.39 Å². The third-order valence-electron chi connectivity index (χ3n) is 6.38. The van der Waals surface area contributed by atoms with Crippen molar-refractivity contribution in [1.29, 1.82) is 0 Å². The van der Waals surface area contributed by atoms with Crippen molar-refractivity contribution >= 4 is 0 Å². The van der Waals surface area contributed by atoms with Gasteiger partial charge >= 0.3 is 0 Å². The molecule has 1 aromatic heterocycles. The maximum atomic E-state index is 13.9. The summed E-state index contributed by atoms with van der Waals surface area (Å²) in [6.07, 6.45) is 4.44. The number of unbranched alkanes of at least 4 members (excludes halogenated alkanes) is 2. The Labute approximate surface area is 209 Å². The molecule has 3 aromatic carbocycles. The quantitative estimate of drug-likeness (QED) is 0.210. The Kier molecular flexibility index (Phi) is 8.85. The third kappa shape index (κ3) is 6.46. The normalized spacial score (nSPS) is 11.3. The fourth-order valence-corrected chi connectivity index (χ4v) is 4.54. The molecule has 0 amide bonds. The summed E-state index contributed by atoms with van der Waals surface area (Å²) in [5.41, 5.74) is 5.55. The first-order valence-corrected chi connectivity index (χ1v) is 12.9. The molecule has 182 valence electrons.